The molecule has 5 rings (SSSR count). The lowest BCUT2D eigenvalue weighted by molar-refractivity contribution is -0.130. The molecule has 186 valence electrons. The van der Waals surface area contributed by atoms with Crippen LogP contribution in [-0.4, -0.2) is 23.4 Å². The molecule has 2 N–H and O–H groups in total. The van der Waals surface area contributed by atoms with Crippen molar-refractivity contribution in [3.63, 3.8) is 0 Å². The van der Waals surface area contributed by atoms with Gasteiger partial charge in [-0.15, -0.1) is 0 Å². The van der Waals surface area contributed by atoms with Crippen molar-refractivity contribution in [3.05, 3.63) is 81.8 Å². The lowest BCUT2D eigenvalue weighted by Gasteiger charge is -2.56. The van der Waals surface area contributed by atoms with Crippen LogP contribution in [-0.2, 0) is 4.79 Å². The van der Waals surface area contributed by atoms with Crippen molar-refractivity contribution in [2.24, 2.45) is 5.92 Å². The smallest absolute Gasteiger partial charge is 0.236 e. The van der Waals surface area contributed by atoms with Gasteiger partial charge in [0.1, 0.15) is 5.92 Å². The first-order chi connectivity index (χ1) is 17.2. The number of anilines is 2. The maximum atomic E-state index is 14.1. The van der Waals surface area contributed by atoms with E-state index in [4.69, 9.17) is 21.7 Å². The average molecular weight is 567 g/mol. The first-order valence-electron chi connectivity index (χ1n) is 11.9. The lowest BCUT2D eigenvalue weighted by Crippen LogP contribution is -2.72. The summed E-state index contributed by atoms with van der Waals surface area (Å²) in [4.78, 5) is 15.9. The molecule has 1 saturated heterocycles. The van der Waals surface area contributed by atoms with E-state index in [-0.39, 0.29) is 5.91 Å². The van der Waals surface area contributed by atoms with Gasteiger partial charge in [-0.2, -0.15) is 0 Å². The van der Waals surface area contributed by atoms with Crippen molar-refractivity contribution in [2.45, 2.75) is 39.5 Å². The van der Waals surface area contributed by atoms with Gasteiger partial charge in [0, 0.05) is 21.4 Å². The Balaban J connectivity index is 1.65. The standard InChI is InChI=1S/C28H28BrN3O3S/c1-5-34-22-11-7-10-20-24-23(26(33)30-21-13-12-16(2)14-17(21)3)28(4,35-25(20)22)32(27(36)31-24)19-9-6-8-18(29)15-19/h6-15,23-24H,5H2,1-4H3,(H,30,33)(H,31,36)/t23-,24-,28-/m0/s1. The summed E-state index contributed by atoms with van der Waals surface area (Å²) in [5, 5.41) is 7.10. The van der Waals surface area contributed by atoms with Crippen molar-refractivity contribution in [2.75, 3.05) is 16.8 Å². The average Bonchev–Trinajstić information content (AvgIpc) is 2.81. The Kier molecular flexibility index (Phi) is 6.43. The van der Waals surface area contributed by atoms with Crippen LogP contribution in [0.5, 0.6) is 11.5 Å². The second-order valence-corrected chi connectivity index (χ2v) is 10.6. The van der Waals surface area contributed by atoms with Crippen LogP contribution in [0.1, 0.15) is 36.6 Å². The van der Waals surface area contributed by atoms with Gasteiger partial charge in [0.15, 0.2) is 22.3 Å². The zero-order chi connectivity index (χ0) is 25.6. The Bertz CT molecular complexity index is 1360. The SMILES string of the molecule is CCOc1cccc2c1O[C@@]1(C)[C@H](C(=O)Nc3ccc(C)cc3C)[C@H]2NC(=S)N1c1cccc(Br)c1. The van der Waals surface area contributed by atoms with Gasteiger partial charge in [0.2, 0.25) is 5.91 Å². The number of amides is 1. The Morgan fingerprint density at radius 2 is 1.97 bits per heavy atom. The molecule has 1 amide bonds. The Labute approximate surface area is 225 Å². The molecule has 3 aromatic carbocycles. The molecule has 0 aromatic heterocycles. The van der Waals surface area contributed by atoms with E-state index < -0.39 is 17.7 Å². The molecule has 0 spiro atoms. The van der Waals surface area contributed by atoms with Crippen LogP contribution >= 0.6 is 28.1 Å². The third-order valence-electron chi connectivity index (χ3n) is 6.78. The third-order valence-corrected chi connectivity index (χ3v) is 7.57. The van der Waals surface area contributed by atoms with Crippen molar-refractivity contribution in [1.82, 2.24) is 5.32 Å². The van der Waals surface area contributed by atoms with Gasteiger partial charge in [-0.25, -0.2) is 0 Å². The van der Waals surface area contributed by atoms with Gasteiger partial charge in [-0.3, -0.25) is 9.69 Å². The number of thiocarbonyl (C=S) groups is 1. The zero-order valence-corrected chi connectivity index (χ0v) is 23.0. The minimum atomic E-state index is -1.13. The molecular formula is C28H28BrN3O3S. The fraction of sp³-hybridized carbons (Fsp3) is 0.286. The topological polar surface area (TPSA) is 62.8 Å². The summed E-state index contributed by atoms with van der Waals surface area (Å²) in [6.07, 6.45) is 0. The number of halogens is 1. The summed E-state index contributed by atoms with van der Waals surface area (Å²) in [7, 11) is 0. The molecular weight excluding hydrogens is 538 g/mol. The number of hydrogen-bond donors (Lipinski definition) is 2. The number of nitrogens with zero attached hydrogens (tertiary/aromatic N) is 1. The molecule has 0 radical (unpaired) electrons. The Morgan fingerprint density at radius 3 is 2.69 bits per heavy atom. The Morgan fingerprint density at radius 1 is 1.19 bits per heavy atom. The van der Waals surface area contributed by atoms with Crippen molar-refractivity contribution in [1.29, 1.82) is 0 Å². The first-order valence-corrected chi connectivity index (χ1v) is 13.1. The van der Waals surface area contributed by atoms with Crippen LogP contribution in [0.25, 0.3) is 0 Å². The normalized spacial score (nSPS) is 22.2. The van der Waals surface area contributed by atoms with Gasteiger partial charge in [0.25, 0.3) is 0 Å². The lowest BCUT2D eigenvalue weighted by atomic mass is 9.78. The van der Waals surface area contributed by atoms with Crippen LogP contribution in [0.3, 0.4) is 0 Å². The fourth-order valence-electron chi connectivity index (χ4n) is 5.21. The molecule has 3 atom stereocenters. The molecule has 2 bridgehead atoms. The van der Waals surface area contributed by atoms with Gasteiger partial charge in [-0.05, 0) is 75.8 Å². The minimum Gasteiger partial charge on any atom is -0.490 e. The van der Waals surface area contributed by atoms with Crippen molar-refractivity contribution in [3.8, 4) is 11.5 Å². The second-order valence-electron chi connectivity index (χ2n) is 9.29. The molecule has 3 aromatic rings. The number of para-hydroxylation sites is 1. The molecule has 0 aliphatic carbocycles. The Hall–Kier alpha value is -3.10. The van der Waals surface area contributed by atoms with E-state index in [1.54, 1.807) is 0 Å². The van der Waals surface area contributed by atoms with Gasteiger partial charge >= 0.3 is 0 Å². The van der Waals surface area contributed by atoms with E-state index in [1.807, 2.05) is 87.2 Å². The van der Waals surface area contributed by atoms with Crippen LogP contribution in [0.15, 0.2) is 65.1 Å². The zero-order valence-electron chi connectivity index (χ0n) is 20.6. The van der Waals surface area contributed by atoms with E-state index >= 15 is 0 Å². The van der Waals surface area contributed by atoms with E-state index in [1.165, 1.54) is 0 Å². The highest BCUT2D eigenvalue weighted by Crippen LogP contribution is 2.52. The number of hydrogen-bond acceptors (Lipinski definition) is 4. The molecule has 6 nitrogen and oxygen atoms in total. The summed E-state index contributed by atoms with van der Waals surface area (Å²) >= 11 is 9.42. The molecule has 8 heteroatoms. The molecule has 2 aliphatic heterocycles. The number of nitrogens with one attached hydrogen (secondary N) is 2. The predicted molar refractivity (Wildman–Crippen MR) is 150 cm³/mol. The number of carbonyl (C=O) groups excluding carboxylic acids is 1. The highest BCUT2D eigenvalue weighted by Gasteiger charge is 2.59. The molecule has 0 saturated carbocycles. The van der Waals surface area contributed by atoms with Crippen LogP contribution in [0.2, 0.25) is 0 Å². The quantitative estimate of drug-likeness (QED) is 0.356. The minimum absolute atomic E-state index is 0.156. The molecule has 1 fully saturated rings. The highest BCUT2D eigenvalue weighted by molar-refractivity contribution is 9.10. The van der Waals surface area contributed by atoms with E-state index in [0.29, 0.717) is 23.2 Å². The summed E-state index contributed by atoms with van der Waals surface area (Å²) in [6.45, 7) is 8.39. The summed E-state index contributed by atoms with van der Waals surface area (Å²) in [5.41, 5.74) is 3.44. The number of aryl methyl sites for hydroxylation is 2. The van der Waals surface area contributed by atoms with Gasteiger partial charge < -0.3 is 20.1 Å². The highest BCUT2D eigenvalue weighted by atomic mass is 79.9. The number of benzene rings is 3. The molecule has 2 heterocycles. The van der Waals surface area contributed by atoms with Crippen LogP contribution in [0, 0.1) is 19.8 Å². The maximum Gasteiger partial charge on any atom is 0.236 e. The van der Waals surface area contributed by atoms with E-state index in [0.717, 1.165) is 32.5 Å². The number of carbonyl (C=O) groups is 1. The summed E-state index contributed by atoms with van der Waals surface area (Å²) in [5.74, 6) is 0.478. The van der Waals surface area contributed by atoms with Crippen LogP contribution < -0.4 is 25.0 Å². The predicted octanol–water partition coefficient (Wildman–Crippen LogP) is 6.26. The first kappa shape index (κ1) is 24.6. The molecule has 0 unspecified atom stereocenters. The maximum absolute atomic E-state index is 14.1. The molecule has 2 aliphatic rings. The van der Waals surface area contributed by atoms with Crippen molar-refractivity contribution < 1.29 is 14.3 Å². The summed E-state index contributed by atoms with van der Waals surface area (Å²) < 4.78 is 13.6. The fourth-order valence-corrected chi connectivity index (χ4v) is 6.01. The van der Waals surface area contributed by atoms with E-state index in [9.17, 15) is 4.79 Å². The van der Waals surface area contributed by atoms with Gasteiger partial charge in [0.05, 0.1) is 12.6 Å². The monoisotopic (exact) mass is 565 g/mol. The van der Waals surface area contributed by atoms with Gasteiger partial charge in [-0.1, -0.05) is 51.8 Å². The summed E-state index contributed by atoms with van der Waals surface area (Å²) in [6, 6.07) is 19.2. The number of ether oxygens (including phenoxy) is 2. The van der Waals surface area contributed by atoms with E-state index in [2.05, 4.69) is 32.6 Å². The van der Waals surface area contributed by atoms with Crippen molar-refractivity contribution >= 4 is 50.5 Å². The largest absolute Gasteiger partial charge is 0.490 e. The second kappa shape index (κ2) is 9.41. The molecule has 36 heavy (non-hydrogen) atoms. The number of rotatable bonds is 5. The number of fused-ring (bicyclic) bond motifs is 4. The van der Waals surface area contributed by atoms with Crippen LogP contribution in [0.4, 0.5) is 11.4 Å². The third kappa shape index (κ3) is 4.12.